The van der Waals surface area contributed by atoms with Gasteiger partial charge in [0.2, 0.25) is 0 Å². The van der Waals surface area contributed by atoms with E-state index in [0.29, 0.717) is 19.4 Å². The number of allylic oxidation sites excluding steroid dienone is 1. The monoisotopic (exact) mass is 192 g/mol. The SMILES string of the molecule is CC1=C2COC=C2CC(=O)C1CC=O. The highest BCUT2D eigenvalue weighted by Gasteiger charge is 2.32. The zero-order chi connectivity index (χ0) is 10.1. The van der Waals surface area contributed by atoms with Crippen LogP contribution in [-0.4, -0.2) is 18.7 Å². The zero-order valence-corrected chi connectivity index (χ0v) is 8.08. The summed E-state index contributed by atoms with van der Waals surface area (Å²) in [5, 5.41) is 0. The molecule has 3 heteroatoms. The number of rotatable bonds is 2. The molecule has 1 aliphatic heterocycles. The molecule has 0 radical (unpaired) electrons. The van der Waals surface area contributed by atoms with Crippen molar-refractivity contribution in [3.8, 4) is 0 Å². The molecule has 1 atom stereocenters. The molecule has 0 aromatic heterocycles. The largest absolute Gasteiger partial charge is 0.496 e. The van der Waals surface area contributed by atoms with Crippen LogP contribution in [0, 0.1) is 5.92 Å². The second kappa shape index (κ2) is 3.40. The average molecular weight is 192 g/mol. The van der Waals surface area contributed by atoms with Crippen molar-refractivity contribution in [2.24, 2.45) is 5.92 Å². The summed E-state index contributed by atoms with van der Waals surface area (Å²) in [6.45, 7) is 2.48. The fourth-order valence-electron chi connectivity index (χ4n) is 2.07. The lowest BCUT2D eigenvalue weighted by Crippen LogP contribution is -2.23. The van der Waals surface area contributed by atoms with E-state index in [2.05, 4.69) is 0 Å². The lowest BCUT2D eigenvalue weighted by Gasteiger charge is -2.22. The number of Topliss-reactive ketones (excluding diaryl/α,β-unsaturated/α-hetero) is 1. The summed E-state index contributed by atoms with van der Waals surface area (Å²) < 4.78 is 5.18. The minimum absolute atomic E-state index is 0.134. The Morgan fingerprint density at radius 2 is 2.43 bits per heavy atom. The van der Waals surface area contributed by atoms with Crippen LogP contribution in [0.25, 0.3) is 0 Å². The lowest BCUT2D eigenvalue weighted by atomic mass is 9.79. The van der Waals surface area contributed by atoms with Crippen LogP contribution in [0.15, 0.2) is 23.0 Å². The van der Waals surface area contributed by atoms with E-state index in [1.54, 1.807) is 6.26 Å². The zero-order valence-electron chi connectivity index (χ0n) is 8.08. The van der Waals surface area contributed by atoms with Gasteiger partial charge >= 0.3 is 0 Å². The Hall–Kier alpha value is -1.38. The third-order valence-electron chi connectivity index (χ3n) is 2.92. The van der Waals surface area contributed by atoms with E-state index in [-0.39, 0.29) is 11.7 Å². The van der Waals surface area contributed by atoms with Gasteiger partial charge in [-0.3, -0.25) is 4.79 Å². The van der Waals surface area contributed by atoms with Gasteiger partial charge in [-0.05, 0) is 12.5 Å². The van der Waals surface area contributed by atoms with Crippen LogP contribution in [0.1, 0.15) is 19.8 Å². The molecule has 1 unspecified atom stereocenters. The average Bonchev–Trinajstić information content (AvgIpc) is 2.60. The molecule has 3 nitrogen and oxygen atoms in total. The number of hydrogen-bond donors (Lipinski definition) is 0. The lowest BCUT2D eigenvalue weighted by molar-refractivity contribution is -0.123. The Morgan fingerprint density at radius 1 is 1.64 bits per heavy atom. The molecule has 1 aliphatic carbocycles. The highest BCUT2D eigenvalue weighted by molar-refractivity contribution is 5.91. The van der Waals surface area contributed by atoms with Gasteiger partial charge in [-0.15, -0.1) is 0 Å². The van der Waals surface area contributed by atoms with Gasteiger partial charge < -0.3 is 9.53 Å². The van der Waals surface area contributed by atoms with E-state index in [1.165, 1.54) is 0 Å². The van der Waals surface area contributed by atoms with Crippen LogP contribution in [0.4, 0.5) is 0 Å². The Kier molecular flexibility index (Phi) is 2.23. The molecular formula is C11H12O3. The van der Waals surface area contributed by atoms with Gasteiger partial charge in [-0.25, -0.2) is 0 Å². The predicted octanol–water partition coefficient (Wildman–Crippen LogP) is 1.40. The minimum atomic E-state index is -0.207. The molecule has 0 amide bonds. The summed E-state index contributed by atoms with van der Waals surface area (Å²) in [4.78, 5) is 22.1. The Morgan fingerprint density at radius 3 is 3.14 bits per heavy atom. The maximum absolute atomic E-state index is 11.6. The van der Waals surface area contributed by atoms with E-state index in [4.69, 9.17) is 4.74 Å². The summed E-state index contributed by atoms with van der Waals surface area (Å²) in [7, 11) is 0. The van der Waals surface area contributed by atoms with E-state index < -0.39 is 0 Å². The van der Waals surface area contributed by atoms with Crippen LogP contribution in [0.2, 0.25) is 0 Å². The van der Waals surface area contributed by atoms with Crippen LogP contribution in [0.3, 0.4) is 0 Å². The molecule has 14 heavy (non-hydrogen) atoms. The molecule has 0 fully saturated rings. The number of ether oxygens (including phenoxy) is 1. The van der Waals surface area contributed by atoms with Crippen molar-refractivity contribution >= 4 is 12.1 Å². The summed E-state index contributed by atoms with van der Waals surface area (Å²) in [6, 6.07) is 0. The molecule has 0 aromatic rings. The first-order valence-electron chi connectivity index (χ1n) is 4.71. The number of carbonyl (C=O) groups is 2. The predicted molar refractivity (Wildman–Crippen MR) is 50.5 cm³/mol. The number of aldehydes is 1. The molecule has 0 saturated carbocycles. The second-order valence-corrected chi connectivity index (χ2v) is 3.71. The number of ketones is 1. The van der Waals surface area contributed by atoms with E-state index in [0.717, 1.165) is 23.0 Å². The normalized spacial score (nSPS) is 25.6. The molecule has 2 aliphatic rings. The minimum Gasteiger partial charge on any atom is -0.496 e. The van der Waals surface area contributed by atoms with E-state index in [1.807, 2.05) is 6.92 Å². The molecule has 74 valence electrons. The maximum atomic E-state index is 11.6. The van der Waals surface area contributed by atoms with Gasteiger partial charge in [0.25, 0.3) is 0 Å². The number of fused-ring (bicyclic) bond motifs is 1. The quantitative estimate of drug-likeness (QED) is 0.621. The molecule has 0 spiro atoms. The summed E-state index contributed by atoms with van der Waals surface area (Å²) in [6.07, 6.45) is 3.21. The molecule has 0 saturated heterocycles. The molecule has 0 bridgehead atoms. The fourth-order valence-corrected chi connectivity index (χ4v) is 2.07. The molecule has 0 aromatic carbocycles. The van der Waals surface area contributed by atoms with Crippen molar-refractivity contribution in [2.75, 3.05) is 6.61 Å². The fraction of sp³-hybridized carbons (Fsp3) is 0.455. The van der Waals surface area contributed by atoms with Gasteiger partial charge in [0.05, 0.1) is 6.26 Å². The third kappa shape index (κ3) is 1.29. The second-order valence-electron chi connectivity index (χ2n) is 3.71. The summed E-state index contributed by atoms with van der Waals surface area (Å²) >= 11 is 0. The van der Waals surface area contributed by atoms with Crippen molar-refractivity contribution in [3.05, 3.63) is 23.0 Å². The Bertz CT molecular complexity index is 350. The van der Waals surface area contributed by atoms with Crippen molar-refractivity contribution < 1.29 is 14.3 Å². The van der Waals surface area contributed by atoms with Crippen LogP contribution >= 0.6 is 0 Å². The van der Waals surface area contributed by atoms with Gasteiger partial charge in [0.15, 0.2) is 0 Å². The standard InChI is InChI=1S/C11H12O3/c1-7-9(2-3-12)11(13)4-8-5-14-6-10(7)8/h3,5,9H,2,4,6H2,1H3. The van der Waals surface area contributed by atoms with Gasteiger partial charge in [-0.2, -0.15) is 0 Å². The van der Waals surface area contributed by atoms with Crippen molar-refractivity contribution in [1.82, 2.24) is 0 Å². The summed E-state index contributed by atoms with van der Waals surface area (Å²) in [5.74, 6) is -0.0727. The first kappa shape index (κ1) is 9.19. The maximum Gasteiger partial charge on any atom is 0.144 e. The first-order valence-corrected chi connectivity index (χ1v) is 4.71. The smallest absolute Gasteiger partial charge is 0.144 e. The van der Waals surface area contributed by atoms with Gasteiger partial charge in [-0.1, -0.05) is 5.57 Å². The topological polar surface area (TPSA) is 43.4 Å². The summed E-state index contributed by atoms with van der Waals surface area (Å²) in [5.41, 5.74) is 3.13. The van der Waals surface area contributed by atoms with Crippen molar-refractivity contribution in [3.63, 3.8) is 0 Å². The first-order chi connectivity index (χ1) is 6.74. The highest BCUT2D eigenvalue weighted by Crippen LogP contribution is 2.35. The van der Waals surface area contributed by atoms with Gasteiger partial charge in [0, 0.05) is 24.3 Å². The van der Waals surface area contributed by atoms with E-state index in [9.17, 15) is 9.59 Å². The van der Waals surface area contributed by atoms with Crippen LogP contribution < -0.4 is 0 Å². The molecule has 1 heterocycles. The molecule has 2 rings (SSSR count). The highest BCUT2D eigenvalue weighted by atomic mass is 16.5. The van der Waals surface area contributed by atoms with Crippen LogP contribution in [-0.2, 0) is 14.3 Å². The van der Waals surface area contributed by atoms with Gasteiger partial charge in [0.1, 0.15) is 18.7 Å². The molecule has 0 N–H and O–H groups in total. The number of carbonyl (C=O) groups excluding carboxylic acids is 2. The van der Waals surface area contributed by atoms with Crippen molar-refractivity contribution in [2.45, 2.75) is 19.8 Å². The third-order valence-corrected chi connectivity index (χ3v) is 2.92. The Balaban J connectivity index is 2.36. The number of hydrogen-bond acceptors (Lipinski definition) is 3. The van der Waals surface area contributed by atoms with Crippen LogP contribution in [0.5, 0.6) is 0 Å². The van der Waals surface area contributed by atoms with Crippen molar-refractivity contribution in [1.29, 1.82) is 0 Å². The molecular weight excluding hydrogens is 180 g/mol. The Labute approximate surface area is 82.4 Å². The van der Waals surface area contributed by atoms with E-state index >= 15 is 0 Å².